The number of methoxy groups -OCH3 is 1. The molecular formula is C17H18ClFN2O5S. The van der Waals surface area contributed by atoms with Gasteiger partial charge in [-0.1, -0.05) is 11.6 Å². The van der Waals surface area contributed by atoms with E-state index in [0.717, 1.165) is 12.1 Å². The lowest BCUT2D eigenvalue weighted by atomic mass is 10.3. The fourth-order valence-corrected chi connectivity index (χ4v) is 3.37. The second-order valence-corrected chi connectivity index (χ2v) is 7.43. The number of anilines is 1. The molecule has 2 rings (SSSR count). The van der Waals surface area contributed by atoms with Crippen molar-refractivity contribution in [2.24, 2.45) is 0 Å². The van der Waals surface area contributed by atoms with Gasteiger partial charge >= 0.3 is 0 Å². The summed E-state index contributed by atoms with van der Waals surface area (Å²) in [4.78, 5) is 11.5. The van der Waals surface area contributed by atoms with Crippen LogP contribution in [0.4, 0.5) is 10.1 Å². The molecule has 0 saturated heterocycles. The summed E-state index contributed by atoms with van der Waals surface area (Å²) in [6.45, 7) is 0.447. The van der Waals surface area contributed by atoms with Crippen LogP contribution in [0.25, 0.3) is 0 Å². The first-order valence-corrected chi connectivity index (χ1v) is 9.64. The molecule has 0 spiro atoms. The number of halogens is 2. The molecule has 2 N–H and O–H groups in total. The van der Waals surface area contributed by atoms with Gasteiger partial charge in [-0.3, -0.25) is 9.52 Å². The zero-order chi connectivity index (χ0) is 19.9. The normalized spacial score (nSPS) is 11.1. The molecule has 0 unspecified atom stereocenters. The number of ether oxygens (including phenoxy) is 2. The highest BCUT2D eigenvalue weighted by Gasteiger charge is 2.17. The van der Waals surface area contributed by atoms with Crippen molar-refractivity contribution < 1.29 is 27.1 Å². The SMILES string of the molecule is COCCNC(=O)COc1ccc(S(=O)(=O)Nc2ccc(F)cc2)cc1Cl. The molecule has 0 aliphatic rings. The van der Waals surface area contributed by atoms with Gasteiger partial charge < -0.3 is 14.8 Å². The maximum absolute atomic E-state index is 12.9. The molecule has 27 heavy (non-hydrogen) atoms. The van der Waals surface area contributed by atoms with Crippen LogP contribution in [0.3, 0.4) is 0 Å². The Balaban J connectivity index is 2.02. The van der Waals surface area contributed by atoms with Crippen molar-refractivity contribution in [2.45, 2.75) is 4.90 Å². The minimum absolute atomic E-state index is 0.0293. The lowest BCUT2D eigenvalue weighted by Crippen LogP contribution is -2.31. The number of nitrogens with one attached hydrogen (secondary N) is 2. The Kier molecular flexibility index (Phi) is 7.40. The monoisotopic (exact) mass is 416 g/mol. The molecule has 0 radical (unpaired) electrons. The van der Waals surface area contributed by atoms with Crippen LogP contribution in [-0.2, 0) is 19.6 Å². The van der Waals surface area contributed by atoms with E-state index in [0.29, 0.717) is 13.2 Å². The quantitative estimate of drug-likeness (QED) is 0.612. The van der Waals surface area contributed by atoms with Crippen LogP contribution in [0.5, 0.6) is 5.75 Å². The third-order valence-corrected chi connectivity index (χ3v) is 4.97. The number of carbonyl (C=O) groups is 1. The summed E-state index contributed by atoms with van der Waals surface area (Å²) in [5.74, 6) is -0.675. The van der Waals surface area contributed by atoms with Gasteiger partial charge in [0.2, 0.25) is 0 Å². The third kappa shape index (κ3) is 6.38. The van der Waals surface area contributed by atoms with E-state index < -0.39 is 15.8 Å². The molecule has 0 atom stereocenters. The number of sulfonamides is 1. The topological polar surface area (TPSA) is 93.7 Å². The van der Waals surface area contributed by atoms with Gasteiger partial charge in [0.05, 0.1) is 16.5 Å². The van der Waals surface area contributed by atoms with Crippen molar-refractivity contribution >= 4 is 33.2 Å². The largest absolute Gasteiger partial charge is 0.482 e. The average molecular weight is 417 g/mol. The summed E-state index contributed by atoms with van der Waals surface area (Å²) in [7, 11) is -2.40. The first-order chi connectivity index (χ1) is 12.8. The zero-order valence-corrected chi connectivity index (χ0v) is 15.9. The van der Waals surface area contributed by atoms with Crippen molar-refractivity contribution in [3.8, 4) is 5.75 Å². The van der Waals surface area contributed by atoms with Crippen molar-refractivity contribution in [2.75, 3.05) is 31.6 Å². The number of amides is 1. The molecule has 0 saturated carbocycles. The molecule has 0 aliphatic carbocycles. The first-order valence-electron chi connectivity index (χ1n) is 7.78. The van der Waals surface area contributed by atoms with Gasteiger partial charge in [0.15, 0.2) is 6.61 Å². The highest BCUT2D eigenvalue weighted by Crippen LogP contribution is 2.28. The molecule has 0 heterocycles. The number of rotatable bonds is 9. The molecule has 0 aromatic heterocycles. The van der Waals surface area contributed by atoms with E-state index in [1.807, 2.05) is 0 Å². The van der Waals surface area contributed by atoms with E-state index in [2.05, 4.69) is 10.0 Å². The van der Waals surface area contributed by atoms with Crippen LogP contribution in [-0.4, -0.2) is 41.2 Å². The Morgan fingerprint density at radius 1 is 1.19 bits per heavy atom. The molecule has 146 valence electrons. The lowest BCUT2D eigenvalue weighted by Gasteiger charge is -2.11. The summed E-state index contributed by atoms with van der Waals surface area (Å²) < 4.78 is 50.1. The van der Waals surface area contributed by atoms with Crippen LogP contribution in [0.1, 0.15) is 0 Å². The first kappa shape index (κ1) is 20.9. The van der Waals surface area contributed by atoms with Crippen molar-refractivity contribution in [3.63, 3.8) is 0 Å². The smallest absolute Gasteiger partial charge is 0.261 e. The minimum Gasteiger partial charge on any atom is -0.482 e. The van der Waals surface area contributed by atoms with E-state index >= 15 is 0 Å². The summed E-state index contributed by atoms with van der Waals surface area (Å²) >= 11 is 6.05. The molecule has 0 aliphatic heterocycles. The summed E-state index contributed by atoms with van der Waals surface area (Å²) in [5, 5.41) is 2.60. The molecule has 2 aromatic rings. The Morgan fingerprint density at radius 2 is 1.89 bits per heavy atom. The van der Waals surface area contributed by atoms with E-state index in [1.54, 1.807) is 0 Å². The van der Waals surface area contributed by atoms with Gasteiger partial charge in [0, 0.05) is 19.3 Å². The second-order valence-electron chi connectivity index (χ2n) is 5.34. The molecule has 2 aromatic carbocycles. The number of hydrogen-bond donors (Lipinski definition) is 2. The predicted octanol–water partition coefficient (Wildman–Crippen LogP) is 2.42. The van der Waals surface area contributed by atoms with E-state index in [-0.39, 0.29) is 33.9 Å². The second kappa shape index (κ2) is 9.54. The van der Waals surface area contributed by atoms with Crippen molar-refractivity contribution in [1.29, 1.82) is 0 Å². The molecule has 0 bridgehead atoms. The van der Waals surface area contributed by atoms with Crippen LogP contribution in [0.2, 0.25) is 5.02 Å². The maximum atomic E-state index is 12.9. The Bertz CT molecular complexity index is 891. The average Bonchev–Trinajstić information content (AvgIpc) is 2.62. The molecule has 0 fully saturated rings. The van der Waals surface area contributed by atoms with Crippen molar-refractivity contribution in [1.82, 2.24) is 5.32 Å². The maximum Gasteiger partial charge on any atom is 0.261 e. The van der Waals surface area contributed by atoms with Gasteiger partial charge in [-0.15, -0.1) is 0 Å². The van der Waals surface area contributed by atoms with E-state index in [4.69, 9.17) is 21.1 Å². The summed E-state index contributed by atoms with van der Waals surface area (Å²) in [6.07, 6.45) is 0. The van der Waals surface area contributed by atoms with Crippen molar-refractivity contribution in [3.05, 3.63) is 53.3 Å². The van der Waals surface area contributed by atoms with Gasteiger partial charge in [-0.25, -0.2) is 12.8 Å². The van der Waals surface area contributed by atoms with Gasteiger partial charge in [-0.05, 0) is 42.5 Å². The van der Waals surface area contributed by atoms with Gasteiger partial charge in [-0.2, -0.15) is 0 Å². The number of carbonyl (C=O) groups excluding carboxylic acids is 1. The van der Waals surface area contributed by atoms with Crippen LogP contribution in [0.15, 0.2) is 47.4 Å². The molecule has 1 amide bonds. The summed E-state index contributed by atoms with van der Waals surface area (Å²) in [6, 6.07) is 8.71. The Hall–Kier alpha value is -2.36. The van der Waals surface area contributed by atoms with Gasteiger partial charge in [0.25, 0.3) is 15.9 Å². The Labute approximate surface area is 161 Å². The highest BCUT2D eigenvalue weighted by atomic mass is 35.5. The van der Waals surface area contributed by atoms with Gasteiger partial charge in [0.1, 0.15) is 11.6 Å². The molecule has 10 heteroatoms. The van der Waals surface area contributed by atoms with Crippen LogP contribution >= 0.6 is 11.6 Å². The van der Waals surface area contributed by atoms with Crippen LogP contribution in [0, 0.1) is 5.82 Å². The van der Waals surface area contributed by atoms with E-state index in [1.165, 1.54) is 37.4 Å². The number of benzene rings is 2. The third-order valence-electron chi connectivity index (χ3n) is 3.30. The zero-order valence-electron chi connectivity index (χ0n) is 14.4. The van der Waals surface area contributed by atoms with Crippen LogP contribution < -0.4 is 14.8 Å². The minimum atomic E-state index is -3.92. The Morgan fingerprint density at radius 3 is 2.52 bits per heavy atom. The predicted molar refractivity (Wildman–Crippen MR) is 99.0 cm³/mol. The number of hydrogen-bond acceptors (Lipinski definition) is 5. The standard InChI is InChI=1S/C17H18ClFN2O5S/c1-25-9-8-20-17(22)11-26-16-7-6-14(10-15(16)18)27(23,24)21-13-4-2-12(19)3-5-13/h2-7,10,21H,8-9,11H2,1H3,(H,20,22). The molecular weight excluding hydrogens is 399 g/mol. The lowest BCUT2D eigenvalue weighted by molar-refractivity contribution is -0.123. The fraction of sp³-hybridized carbons (Fsp3) is 0.235. The van der Waals surface area contributed by atoms with E-state index in [9.17, 15) is 17.6 Å². The fourth-order valence-electron chi connectivity index (χ4n) is 1.98. The molecule has 7 nitrogen and oxygen atoms in total. The summed E-state index contributed by atoms with van der Waals surface area (Å²) in [5.41, 5.74) is 0.209. The highest BCUT2D eigenvalue weighted by molar-refractivity contribution is 7.92.